The number of hydrogen-bond acceptors (Lipinski definition) is 3. The van der Waals surface area contributed by atoms with Gasteiger partial charge in [0.15, 0.2) is 0 Å². The summed E-state index contributed by atoms with van der Waals surface area (Å²) in [4.78, 5) is 2.26. The maximum Gasteiger partial charge on any atom is 0.133 e. The summed E-state index contributed by atoms with van der Waals surface area (Å²) in [6.45, 7) is 3.27. The summed E-state index contributed by atoms with van der Waals surface area (Å²) in [5, 5.41) is 13.6. The minimum atomic E-state index is -0.365. The highest BCUT2D eigenvalue weighted by Crippen LogP contribution is 2.36. The largest absolute Gasteiger partial charge is 0.506 e. The van der Waals surface area contributed by atoms with Crippen LogP contribution in [-0.2, 0) is 0 Å². The third-order valence-corrected chi connectivity index (χ3v) is 4.84. The Morgan fingerprint density at radius 2 is 1.95 bits per heavy atom. The third-order valence-electron chi connectivity index (χ3n) is 3.39. The van der Waals surface area contributed by atoms with Gasteiger partial charge in [0, 0.05) is 41.4 Å². The Morgan fingerprint density at radius 3 is 2.55 bits per heavy atom. The van der Waals surface area contributed by atoms with Crippen LogP contribution in [0.3, 0.4) is 0 Å². The molecule has 0 amide bonds. The van der Waals surface area contributed by atoms with Gasteiger partial charge < -0.3 is 10.4 Å². The molecule has 1 aromatic carbocycles. The fraction of sp³-hybridized carbons (Fsp3) is 0.538. The molecule has 0 spiro atoms. The minimum absolute atomic E-state index is 0. The number of alkyl halides is 1. The lowest BCUT2D eigenvalue weighted by atomic mass is 10.0. The molecule has 1 atom stereocenters. The smallest absolute Gasteiger partial charge is 0.133 e. The summed E-state index contributed by atoms with van der Waals surface area (Å²) in [7, 11) is 0. The molecule has 2 rings (SSSR count). The van der Waals surface area contributed by atoms with Crippen molar-refractivity contribution in [3.05, 3.63) is 24.8 Å². The van der Waals surface area contributed by atoms with Crippen molar-refractivity contribution in [3.8, 4) is 5.75 Å². The van der Waals surface area contributed by atoms with Crippen LogP contribution in [0.1, 0.15) is 18.0 Å². The number of phenolic OH excluding ortho intramolecular Hbond substituents is 1. The van der Waals surface area contributed by atoms with Crippen molar-refractivity contribution in [2.75, 3.05) is 32.9 Å². The lowest BCUT2D eigenvalue weighted by Crippen LogP contribution is -2.45. The lowest BCUT2D eigenvalue weighted by molar-refractivity contribution is 0.155. The van der Waals surface area contributed by atoms with Crippen molar-refractivity contribution in [2.24, 2.45) is 0 Å². The molecule has 1 aromatic rings. The average Bonchev–Trinajstić information content (AvgIpc) is 2.41. The molecule has 7 heteroatoms. The van der Waals surface area contributed by atoms with Gasteiger partial charge >= 0.3 is 0 Å². The quantitative estimate of drug-likeness (QED) is 0.591. The molecular formula is C13H18ClFI2N2O. The second-order valence-corrected chi connectivity index (χ2v) is 7.01. The highest BCUT2D eigenvalue weighted by molar-refractivity contribution is 14.1. The highest BCUT2D eigenvalue weighted by Gasteiger charge is 2.25. The van der Waals surface area contributed by atoms with Crippen molar-refractivity contribution in [1.29, 1.82) is 0 Å². The first-order chi connectivity index (χ1) is 9.13. The normalized spacial score (nSPS) is 17.6. The predicted molar refractivity (Wildman–Crippen MR) is 98.6 cm³/mol. The van der Waals surface area contributed by atoms with E-state index in [1.165, 1.54) is 0 Å². The number of nitrogens with zero attached hydrogens (tertiary/aromatic N) is 1. The maximum absolute atomic E-state index is 12.9. The molecule has 1 aliphatic rings. The second-order valence-electron chi connectivity index (χ2n) is 4.60. The van der Waals surface area contributed by atoms with Gasteiger partial charge in [-0.25, -0.2) is 0 Å². The fourth-order valence-electron chi connectivity index (χ4n) is 2.47. The Balaban J connectivity index is 0.00000200. The molecule has 0 bridgehead atoms. The van der Waals surface area contributed by atoms with Gasteiger partial charge in [-0.1, -0.05) is 0 Å². The molecule has 114 valence electrons. The number of halogens is 4. The summed E-state index contributed by atoms with van der Waals surface area (Å²) in [5.74, 6) is 0.304. The van der Waals surface area contributed by atoms with E-state index in [0.717, 1.165) is 38.9 Å². The Hall–Kier alpha value is 0.620. The first-order valence-corrected chi connectivity index (χ1v) is 8.48. The number of piperazine rings is 1. The topological polar surface area (TPSA) is 35.5 Å². The van der Waals surface area contributed by atoms with Gasteiger partial charge in [0.1, 0.15) is 5.75 Å². The molecule has 2 N–H and O–H groups in total. The summed E-state index contributed by atoms with van der Waals surface area (Å²) < 4.78 is 14.8. The van der Waals surface area contributed by atoms with E-state index in [2.05, 4.69) is 55.4 Å². The van der Waals surface area contributed by atoms with Crippen LogP contribution in [0.5, 0.6) is 5.75 Å². The number of benzene rings is 1. The summed E-state index contributed by atoms with van der Waals surface area (Å²) in [6.07, 6.45) is 0.434. The Bertz CT molecular complexity index is 445. The summed E-state index contributed by atoms with van der Waals surface area (Å²) in [5.41, 5.74) is 0.857. The molecule has 0 aromatic heterocycles. The molecule has 0 unspecified atom stereocenters. The van der Waals surface area contributed by atoms with Gasteiger partial charge in [-0.2, -0.15) is 0 Å². The van der Waals surface area contributed by atoms with Crippen molar-refractivity contribution in [2.45, 2.75) is 12.5 Å². The van der Waals surface area contributed by atoms with Crippen LogP contribution in [0.25, 0.3) is 0 Å². The van der Waals surface area contributed by atoms with Crippen molar-refractivity contribution < 1.29 is 9.50 Å². The second kappa shape index (κ2) is 8.92. The minimum Gasteiger partial charge on any atom is -0.506 e. The maximum atomic E-state index is 12.9. The van der Waals surface area contributed by atoms with E-state index in [1.807, 2.05) is 12.1 Å². The van der Waals surface area contributed by atoms with Crippen LogP contribution in [0.2, 0.25) is 0 Å². The Morgan fingerprint density at radius 1 is 1.30 bits per heavy atom. The SMILES string of the molecule is Cl.Oc1c(I)cc(I)cc1[C@@H](CCF)N1CCNCC1. The number of hydrogen-bond donors (Lipinski definition) is 2. The zero-order valence-electron chi connectivity index (χ0n) is 10.9. The van der Waals surface area contributed by atoms with Crippen LogP contribution >= 0.6 is 57.6 Å². The van der Waals surface area contributed by atoms with Crippen LogP contribution in [-0.4, -0.2) is 42.9 Å². The van der Waals surface area contributed by atoms with Crippen molar-refractivity contribution in [3.63, 3.8) is 0 Å². The van der Waals surface area contributed by atoms with Gasteiger partial charge in [-0.3, -0.25) is 9.29 Å². The van der Waals surface area contributed by atoms with Gasteiger partial charge in [-0.15, -0.1) is 12.4 Å². The molecule has 0 aliphatic carbocycles. The molecule has 1 heterocycles. The third kappa shape index (κ3) is 4.56. The van der Waals surface area contributed by atoms with Crippen molar-refractivity contribution >= 4 is 57.6 Å². The molecule has 0 radical (unpaired) electrons. The molecule has 3 nitrogen and oxygen atoms in total. The van der Waals surface area contributed by atoms with Crippen LogP contribution in [0, 0.1) is 7.14 Å². The number of nitrogens with one attached hydrogen (secondary N) is 1. The first-order valence-electron chi connectivity index (χ1n) is 6.32. The molecular weight excluding hydrogens is 508 g/mol. The van der Waals surface area contributed by atoms with Gasteiger partial charge in [0.2, 0.25) is 0 Å². The summed E-state index contributed by atoms with van der Waals surface area (Å²) >= 11 is 4.37. The van der Waals surface area contributed by atoms with E-state index in [0.29, 0.717) is 12.2 Å². The monoisotopic (exact) mass is 526 g/mol. The number of aromatic hydroxyl groups is 1. The average molecular weight is 527 g/mol. The van der Waals surface area contributed by atoms with E-state index >= 15 is 0 Å². The molecule has 1 saturated heterocycles. The first kappa shape index (κ1) is 18.7. The zero-order chi connectivity index (χ0) is 13.8. The standard InChI is InChI=1S/C13H17FI2N2O.ClH/c14-2-1-12(18-5-3-17-4-6-18)10-7-9(15)8-11(16)13(10)19;/h7-8,12,17,19H,1-6H2;1H/t12-;/m1./s1. The molecule has 1 aliphatic heterocycles. The molecule has 0 saturated carbocycles. The van der Waals surface area contributed by atoms with E-state index in [-0.39, 0.29) is 25.1 Å². The Kier molecular flexibility index (Phi) is 8.32. The van der Waals surface area contributed by atoms with E-state index in [9.17, 15) is 9.50 Å². The summed E-state index contributed by atoms with van der Waals surface area (Å²) in [6, 6.07) is 3.88. The fourth-order valence-corrected chi connectivity index (χ4v) is 4.36. The van der Waals surface area contributed by atoms with Gasteiger partial charge in [-0.05, 0) is 63.7 Å². The number of rotatable bonds is 4. The van der Waals surface area contributed by atoms with E-state index < -0.39 is 0 Å². The molecule has 1 fully saturated rings. The van der Waals surface area contributed by atoms with Crippen LogP contribution in [0.15, 0.2) is 12.1 Å². The van der Waals surface area contributed by atoms with E-state index in [1.54, 1.807) is 0 Å². The lowest BCUT2D eigenvalue weighted by Gasteiger charge is -2.35. The van der Waals surface area contributed by atoms with E-state index in [4.69, 9.17) is 0 Å². The van der Waals surface area contributed by atoms with Gasteiger partial charge in [0.25, 0.3) is 0 Å². The Labute approximate surface area is 152 Å². The van der Waals surface area contributed by atoms with Crippen molar-refractivity contribution in [1.82, 2.24) is 10.2 Å². The highest BCUT2D eigenvalue weighted by atomic mass is 127. The van der Waals surface area contributed by atoms with Crippen LogP contribution in [0.4, 0.5) is 4.39 Å². The van der Waals surface area contributed by atoms with Crippen LogP contribution < -0.4 is 5.32 Å². The zero-order valence-corrected chi connectivity index (χ0v) is 16.0. The number of phenols is 1. The predicted octanol–water partition coefficient (Wildman–Crippen LogP) is 3.33. The van der Waals surface area contributed by atoms with Gasteiger partial charge in [0.05, 0.1) is 10.2 Å². The molecule has 20 heavy (non-hydrogen) atoms.